The number of esters is 1. The number of nitrogens with one attached hydrogen (secondary N) is 1. The van der Waals surface area contributed by atoms with Gasteiger partial charge in [0.25, 0.3) is 5.91 Å². The van der Waals surface area contributed by atoms with Crippen LogP contribution in [0.3, 0.4) is 0 Å². The van der Waals surface area contributed by atoms with E-state index in [0.717, 1.165) is 0 Å². The maximum atomic E-state index is 12.5. The van der Waals surface area contributed by atoms with Crippen LogP contribution in [0.4, 0.5) is 5.69 Å². The number of hydrogen-bond donors (Lipinski definition) is 1. The average Bonchev–Trinajstić information content (AvgIpc) is 3.10. The highest BCUT2D eigenvalue weighted by Gasteiger charge is 2.16. The van der Waals surface area contributed by atoms with Crippen LogP contribution in [0.25, 0.3) is 0 Å². The van der Waals surface area contributed by atoms with Crippen molar-refractivity contribution in [3.63, 3.8) is 0 Å². The van der Waals surface area contributed by atoms with E-state index >= 15 is 0 Å². The van der Waals surface area contributed by atoms with Crippen LogP contribution in [-0.4, -0.2) is 19.0 Å². The molecule has 5 nitrogen and oxygen atoms in total. The van der Waals surface area contributed by atoms with Crippen LogP contribution in [0.2, 0.25) is 0 Å². The van der Waals surface area contributed by atoms with Gasteiger partial charge in [-0.3, -0.25) is 4.79 Å². The van der Waals surface area contributed by atoms with Crippen molar-refractivity contribution in [2.45, 2.75) is 0 Å². The maximum absolute atomic E-state index is 12.5. The van der Waals surface area contributed by atoms with Crippen LogP contribution in [0.1, 0.15) is 20.0 Å². The number of para-hydroxylation sites is 1. The zero-order valence-corrected chi connectivity index (χ0v) is 14.2. The van der Waals surface area contributed by atoms with Crippen molar-refractivity contribution in [1.29, 1.82) is 0 Å². The number of thiophene rings is 1. The number of anilines is 1. The van der Waals surface area contributed by atoms with Gasteiger partial charge in [-0.05, 0) is 41.8 Å². The number of rotatable bonds is 5. The molecule has 0 aliphatic heterocycles. The summed E-state index contributed by atoms with van der Waals surface area (Å²) in [6.07, 6.45) is 0. The Morgan fingerprint density at radius 3 is 2.48 bits per heavy atom. The third-order valence-corrected chi connectivity index (χ3v) is 4.25. The van der Waals surface area contributed by atoms with Gasteiger partial charge < -0.3 is 14.8 Å². The molecule has 0 aliphatic carbocycles. The van der Waals surface area contributed by atoms with Gasteiger partial charge in [0.2, 0.25) is 0 Å². The highest BCUT2D eigenvalue weighted by atomic mass is 32.1. The number of ether oxygens (including phenoxy) is 2. The molecule has 3 aromatic rings. The molecule has 1 amide bonds. The first-order chi connectivity index (χ1) is 12.2. The third kappa shape index (κ3) is 4.05. The zero-order chi connectivity index (χ0) is 17.6. The van der Waals surface area contributed by atoms with E-state index in [9.17, 15) is 9.59 Å². The van der Waals surface area contributed by atoms with Crippen molar-refractivity contribution in [3.8, 4) is 11.5 Å². The second kappa shape index (κ2) is 7.63. The number of hydrogen-bond acceptors (Lipinski definition) is 5. The minimum Gasteiger partial charge on any atom is -0.465 e. The van der Waals surface area contributed by atoms with Crippen molar-refractivity contribution in [1.82, 2.24) is 0 Å². The molecular weight excluding hydrogens is 338 g/mol. The van der Waals surface area contributed by atoms with Gasteiger partial charge in [-0.15, -0.1) is 11.3 Å². The molecule has 2 aromatic carbocycles. The number of amides is 1. The SMILES string of the molecule is COC(=O)c1sccc1NC(=O)c1cccc(Oc2ccccc2)c1. The summed E-state index contributed by atoms with van der Waals surface area (Å²) in [6.45, 7) is 0. The van der Waals surface area contributed by atoms with Gasteiger partial charge in [-0.1, -0.05) is 24.3 Å². The number of benzene rings is 2. The third-order valence-electron chi connectivity index (χ3n) is 3.36. The molecule has 0 saturated carbocycles. The molecule has 1 N–H and O–H groups in total. The number of carbonyl (C=O) groups is 2. The topological polar surface area (TPSA) is 64.6 Å². The van der Waals surface area contributed by atoms with E-state index in [2.05, 4.69) is 5.32 Å². The minimum atomic E-state index is -0.480. The Balaban J connectivity index is 1.76. The van der Waals surface area contributed by atoms with E-state index < -0.39 is 5.97 Å². The standard InChI is InChI=1S/C19H15NO4S/c1-23-19(22)17-16(10-11-25-17)20-18(21)13-6-5-9-15(12-13)24-14-7-3-2-4-8-14/h2-12H,1H3,(H,20,21). The average molecular weight is 353 g/mol. The molecule has 0 fully saturated rings. The fourth-order valence-corrected chi connectivity index (χ4v) is 2.94. The van der Waals surface area contributed by atoms with E-state index in [1.807, 2.05) is 30.3 Å². The highest BCUT2D eigenvalue weighted by molar-refractivity contribution is 7.12. The van der Waals surface area contributed by atoms with E-state index in [0.29, 0.717) is 27.6 Å². The normalized spacial score (nSPS) is 10.1. The lowest BCUT2D eigenvalue weighted by atomic mass is 10.2. The van der Waals surface area contributed by atoms with Gasteiger partial charge in [0, 0.05) is 5.56 Å². The summed E-state index contributed by atoms with van der Waals surface area (Å²) in [5, 5.41) is 4.45. The van der Waals surface area contributed by atoms with Crippen LogP contribution >= 0.6 is 11.3 Å². The summed E-state index contributed by atoms with van der Waals surface area (Å²) in [5.74, 6) is 0.428. The lowest BCUT2D eigenvalue weighted by molar-refractivity contribution is 0.0607. The molecule has 126 valence electrons. The smallest absolute Gasteiger partial charge is 0.350 e. The van der Waals surface area contributed by atoms with Gasteiger partial charge >= 0.3 is 5.97 Å². The lowest BCUT2D eigenvalue weighted by Gasteiger charge is -2.08. The van der Waals surface area contributed by atoms with Gasteiger partial charge in [-0.2, -0.15) is 0 Å². The van der Waals surface area contributed by atoms with Crippen LogP contribution in [0.5, 0.6) is 11.5 Å². The monoisotopic (exact) mass is 353 g/mol. The van der Waals surface area contributed by atoms with Gasteiger partial charge in [0.1, 0.15) is 16.4 Å². The highest BCUT2D eigenvalue weighted by Crippen LogP contribution is 2.25. The first-order valence-corrected chi connectivity index (χ1v) is 8.35. The van der Waals surface area contributed by atoms with Gasteiger partial charge in [0.15, 0.2) is 0 Å². The first-order valence-electron chi connectivity index (χ1n) is 7.47. The predicted octanol–water partition coefficient (Wildman–Crippen LogP) is 4.58. The van der Waals surface area contributed by atoms with E-state index in [1.165, 1.54) is 18.4 Å². The van der Waals surface area contributed by atoms with Crippen molar-refractivity contribution in [3.05, 3.63) is 76.5 Å². The summed E-state index contributed by atoms with van der Waals surface area (Å²) in [5.41, 5.74) is 0.853. The molecule has 25 heavy (non-hydrogen) atoms. The van der Waals surface area contributed by atoms with Crippen molar-refractivity contribution in [2.24, 2.45) is 0 Å². The largest absolute Gasteiger partial charge is 0.465 e. The van der Waals surface area contributed by atoms with Crippen LogP contribution in [0, 0.1) is 0 Å². The van der Waals surface area contributed by atoms with E-state index in [4.69, 9.17) is 9.47 Å². The molecule has 0 bridgehead atoms. The Bertz CT molecular complexity index is 889. The minimum absolute atomic E-state index is 0.331. The van der Waals surface area contributed by atoms with Gasteiger partial charge in [0.05, 0.1) is 12.8 Å². The molecule has 0 aliphatic rings. The summed E-state index contributed by atoms with van der Waals surface area (Å²) in [6, 6.07) is 17.8. The Labute approximate surface area is 148 Å². The fourth-order valence-electron chi connectivity index (χ4n) is 2.18. The Kier molecular flexibility index (Phi) is 5.11. The second-order valence-corrected chi connectivity index (χ2v) is 5.97. The quantitative estimate of drug-likeness (QED) is 0.682. The number of carbonyl (C=O) groups excluding carboxylic acids is 2. The maximum Gasteiger partial charge on any atom is 0.350 e. The summed E-state index contributed by atoms with van der Waals surface area (Å²) >= 11 is 1.21. The lowest BCUT2D eigenvalue weighted by Crippen LogP contribution is -2.13. The molecule has 0 spiro atoms. The molecule has 0 unspecified atom stereocenters. The molecule has 0 radical (unpaired) electrons. The molecule has 3 rings (SSSR count). The summed E-state index contributed by atoms with van der Waals surface area (Å²) in [4.78, 5) is 24.5. The molecule has 6 heteroatoms. The van der Waals surface area contributed by atoms with Crippen molar-refractivity contribution >= 4 is 28.9 Å². The molecule has 1 aromatic heterocycles. The molecule has 1 heterocycles. The second-order valence-electron chi connectivity index (χ2n) is 5.05. The Morgan fingerprint density at radius 1 is 0.960 bits per heavy atom. The summed E-state index contributed by atoms with van der Waals surface area (Å²) < 4.78 is 10.4. The van der Waals surface area contributed by atoms with Crippen LogP contribution in [-0.2, 0) is 4.74 Å². The predicted molar refractivity (Wildman–Crippen MR) is 96.6 cm³/mol. The van der Waals surface area contributed by atoms with Gasteiger partial charge in [-0.25, -0.2) is 4.79 Å². The molecular formula is C19H15NO4S. The van der Waals surface area contributed by atoms with E-state index in [-0.39, 0.29) is 5.91 Å². The molecule has 0 atom stereocenters. The fraction of sp³-hybridized carbons (Fsp3) is 0.0526. The Morgan fingerprint density at radius 2 is 1.72 bits per heavy atom. The summed E-state index contributed by atoms with van der Waals surface area (Å²) in [7, 11) is 1.30. The molecule has 0 saturated heterocycles. The first kappa shape index (κ1) is 16.7. The Hall–Kier alpha value is -3.12. The van der Waals surface area contributed by atoms with Crippen LogP contribution in [0.15, 0.2) is 66.0 Å². The van der Waals surface area contributed by atoms with E-state index in [1.54, 1.807) is 35.7 Å². The van der Waals surface area contributed by atoms with Crippen LogP contribution < -0.4 is 10.1 Å². The van der Waals surface area contributed by atoms with Crippen molar-refractivity contribution in [2.75, 3.05) is 12.4 Å². The zero-order valence-electron chi connectivity index (χ0n) is 13.4. The number of methoxy groups -OCH3 is 1. The van der Waals surface area contributed by atoms with Crippen molar-refractivity contribution < 1.29 is 19.1 Å².